The van der Waals surface area contributed by atoms with E-state index in [0.717, 1.165) is 16.6 Å². The number of aryl methyl sites for hydroxylation is 1. The topological polar surface area (TPSA) is 140 Å². The maximum atomic E-state index is 12.7. The summed E-state index contributed by atoms with van der Waals surface area (Å²) in [6, 6.07) is 9.61. The monoisotopic (exact) mass is 469 g/mol. The summed E-state index contributed by atoms with van der Waals surface area (Å²) >= 11 is 0. The minimum atomic E-state index is -4.00. The molecule has 0 atom stereocenters. The first-order chi connectivity index (χ1) is 15.6. The second kappa shape index (κ2) is 8.62. The van der Waals surface area contributed by atoms with E-state index in [1.807, 2.05) is 32.9 Å². The van der Waals surface area contributed by atoms with Crippen LogP contribution in [0.15, 0.2) is 55.6 Å². The summed E-state index contributed by atoms with van der Waals surface area (Å²) in [6.07, 6.45) is 1.60. The molecular weight excluding hydrogens is 445 g/mol. The van der Waals surface area contributed by atoms with Crippen LogP contribution in [0, 0.1) is 5.92 Å². The van der Waals surface area contributed by atoms with Crippen LogP contribution in [0.25, 0.3) is 11.0 Å². The summed E-state index contributed by atoms with van der Waals surface area (Å²) in [5.41, 5.74) is 2.44. The van der Waals surface area contributed by atoms with Crippen molar-refractivity contribution in [3.8, 4) is 0 Å². The van der Waals surface area contributed by atoms with Gasteiger partial charge in [-0.1, -0.05) is 32.0 Å². The predicted molar refractivity (Wildman–Crippen MR) is 127 cm³/mol. The van der Waals surface area contributed by atoms with Crippen molar-refractivity contribution in [2.24, 2.45) is 15.4 Å². The maximum absolute atomic E-state index is 12.7. The molecule has 2 aromatic carbocycles. The lowest BCUT2D eigenvalue weighted by molar-refractivity contribution is 0.386. The quantitative estimate of drug-likeness (QED) is 0.272. The van der Waals surface area contributed by atoms with Crippen molar-refractivity contribution >= 4 is 45.7 Å². The second-order valence-corrected chi connectivity index (χ2v) is 9.76. The molecule has 3 N–H and O–H groups in total. The summed E-state index contributed by atoms with van der Waals surface area (Å²) in [6.45, 7) is 6.77. The SMILES string of the molecule is CCn1c(=O)[nH]c2ccc(/C=N/N(CC(C)C)C3=NS(=O)(=O)c4cc(B(O)O)ccc43)cc21. The molecule has 0 saturated heterocycles. The van der Waals surface area contributed by atoms with Gasteiger partial charge in [-0.25, -0.2) is 9.80 Å². The molecule has 1 aliphatic rings. The van der Waals surface area contributed by atoms with Crippen molar-refractivity contribution in [3.05, 3.63) is 58.0 Å². The summed E-state index contributed by atoms with van der Waals surface area (Å²) in [5.74, 6) is 0.315. The van der Waals surface area contributed by atoms with Gasteiger partial charge in [0.25, 0.3) is 10.0 Å². The Hall–Kier alpha value is -3.22. The van der Waals surface area contributed by atoms with Gasteiger partial charge < -0.3 is 15.0 Å². The zero-order chi connectivity index (χ0) is 23.9. The molecule has 10 nitrogen and oxygen atoms in total. The largest absolute Gasteiger partial charge is 0.488 e. The molecule has 0 fully saturated rings. The van der Waals surface area contributed by atoms with Crippen molar-refractivity contribution < 1.29 is 18.5 Å². The van der Waals surface area contributed by atoms with Crippen LogP contribution in [-0.2, 0) is 16.6 Å². The number of fused-ring (bicyclic) bond motifs is 2. The van der Waals surface area contributed by atoms with Crippen molar-refractivity contribution in [1.29, 1.82) is 0 Å². The van der Waals surface area contributed by atoms with Gasteiger partial charge in [0.05, 0.1) is 17.2 Å². The van der Waals surface area contributed by atoms with Crippen LogP contribution >= 0.6 is 0 Å². The van der Waals surface area contributed by atoms with E-state index < -0.39 is 17.1 Å². The average molecular weight is 469 g/mol. The van der Waals surface area contributed by atoms with Crippen LogP contribution in [-0.4, -0.2) is 58.7 Å². The first-order valence-electron chi connectivity index (χ1n) is 10.5. The van der Waals surface area contributed by atoms with Gasteiger partial charge >= 0.3 is 12.8 Å². The Labute approximate surface area is 191 Å². The summed E-state index contributed by atoms with van der Waals surface area (Å²) < 4.78 is 30.9. The highest BCUT2D eigenvalue weighted by Crippen LogP contribution is 2.27. The Balaban J connectivity index is 1.74. The van der Waals surface area contributed by atoms with E-state index in [1.54, 1.807) is 16.8 Å². The zero-order valence-electron chi connectivity index (χ0n) is 18.4. The number of sulfonamides is 1. The first-order valence-corrected chi connectivity index (χ1v) is 11.9. The van der Waals surface area contributed by atoms with Gasteiger partial charge in [0.2, 0.25) is 0 Å². The van der Waals surface area contributed by atoms with Crippen molar-refractivity contribution in [1.82, 2.24) is 14.6 Å². The standard InChI is InChI=1S/C21H24BN5O5S/c1-4-26-18-9-14(5-8-17(18)24-21(26)28)11-23-27(12-13(2)3)20-16-7-6-15(22(29)30)10-19(16)33(31,32)25-20/h5-11,13,29-30H,4,12H2,1-3H3,(H,24,28)/b23-11+. The molecule has 0 radical (unpaired) electrons. The number of imidazole rings is 1. The lowest BCUT2D eigenvalue weighted by Gasteiger charge is -2.21. The minimum absolute atomic E-state index is 0.0643. The normalized spacial score (nSPS) is 14.8. The molecule has 0 spiro atoms. The molecule has 4 rings (SSSR count). The van der Waals surface area contributed by atoms with E-state index in [0.29, 0.717) is 18.7 Å². The second-order valence-electron chi connectivity index (χ2n) is 8.19. The molecular formula is C21H24BN5O5S. The van der Waals surface area contributed by atoms with Gasteiger partial charge in [-0.05, 0) is 42.1 Å². The van der Waals surface area contributed by atoms with Gasteiger partial charge in [0, 0.05) is 18.7 Å². The van der Waals surface area contributed by atoms with E-state index in [1.165, 1.54) is 23.2 Å². The number of nitrogens with one attached hydrogen (secondary N) is 1. The van der Waals surface area contributed by atoms with Crippen molar-refractivity contribution in [2.75, 3.05) is 6.54 Å². The lowest BCUT2D eigenvalue weighted by Crippen LogP contribution is -2.32. The molecule has 0 unspecified atom stereocenters. The number of aromatic amines is 1. The Bertz CT molecular complexity index is 1440. The molecule has 12 heteroatoms. The van der Waals surface area contributed by atoms with E-state index in [-0.39, 0.29) is 27.8 Å². The summed E-state index contributed by atoms with van der Waals surface area (Å²) in [4.78, 5) is 14.8. The Morgan fingerprint density at radius 2 is 2.00 bits per heavy atom. The highest BCUT2D eigenvalue weighted by atomic mass is 32.2. The van der Waals surface area contributed by atoms with E-state index in [4.69, 9.17) is 0 Å². The van der Waals surface area contributed by atoms with Crippen LogP contribution in [0.4, 0.5) is 0 Å². The molecule has 0 amide bonds. The van der Waals surface area contributed by atoms with Crippen LogP contribution in [0.3, 0.4) is 0 Å². The number of aromatic nitrogens is 2. The fourth-order valence-electron chi connectivity index (χ4n) is 3.73. The van der Waals surface area contributed by atoms with Crippen LogP contribution < -0.4 is 11.2 Å². The molecule has 2 heterocycles. The Morgan fingerprint density at radius 1 is 1.24 bits per heavy atom. The lowest BCUT2D eigenvalue weighted by atomic mass is 9.80. The number of nitrogens with zero attached hydrogens (tertiary/aromatic N) is 4. The fraction of sp³-hybridized carbons (Fsp3) is 0.286. The molecule has 1 aromatic heterocycles. The molecule has 0 saturated carbocycles. The molecule has 1 aliphatic heterocycles. The third kappa shape index (κ3) is 4.36. The predicted octanol–water partition coefficient (Wildman–Crippen LogP) is 0.470. The first kappa shape index (κ1) is 23.0. The number of rotatable bonds is 6. The van der Waals surface area contributed by atoms with Gasteiger partial charge in [0.1, 0.15) is 4.90 Å². The number of benzene rings is 2. The van der Waals surface area contributed by atoms with Gasteiger partial charge in [-0.15, -0.1) is 4.40 Å². The Morgan fingerprint density at radius 3 is 2.67 bits per heavy atom. The smallest absolute Gasteiger partial charge is 0.423 e. The molecule has 0 bridgehead atoms. The highest BCUT2D eigenvalue weighted by molar-refractivity contribution is 7.90. The number of H-pyrrole nitrogens is 1. The number of hydrogen-bond donors (Lipinski definition) is 3. The van der Waals surface area contributed by atoms with Crippen LogP contribution in [0.2, 0.25) is 0 Å². The molecule has 172 valence electrons. The van der Waals surface area contributed by atoms with Crippen molar-refractivity contribution in [2.45, 2.75) is 32.2 Å². The van der Waals surface area contributed by atoms with Crippen molar-refractivity contribution in [3.63, 3.8) is 0 Å². The fourth-order valence-corrected chi connectivity index (χ4v) is 4.97. The van der Waals surface area contributed by atoms with E-state index >= 15 is 0 Å². The molecule has 33 heavy (non-hydrogen) atoms. The van der Waals surface area contributed by atoms with Gasteiger partial charge in [0.15, 0.2) is 5.84 Å². The number of amidine groups is 1. The van der Waals surface area contributed by atoms with Crippen LogP contribution in [0.1, 0.15) is 31.9 Å². The third-order valence-electron chi connectivity index (χ3n) is 5.27. The maximum Gasteiger partial charge on any atom is 0.488 e. The minimum Gasteiger partial charge on any atom is -0.423 e. The van der Waals surface area contributed by atoms with Crippen LogP contribution in [0.5, 0.6) is 0 Å². The molecule has 0 aliphatic carbocycles. The third-order valence-corrected chi connectivity index (χ3v) is 6.58. The van der Waals surface area contributed by atoms with E-state index in [9.17, 15) is 23.3 Å². The van der Waals surface area contributed by atoms with Gasteiger partial charge in [-0.3, -0.25) is 4.57 Å². The summed E-state index contributed by atoms with van der Waals surface area (Å²) in [5, 5.41) is 24.9. The van der Waals surface area contributed by atoms with E-state index in [2.05, 4.69) is 14.5 Å². The Kier molecular flexibility index (Phi) is 5.99. The van der Waals surface area contributed by atoms with Gasteiger partial charge in [-0.2, -0.15) is 13.5 Å². The molecule has 3 aromatic rings. The average Bonchev–Trinajstić information content (AvgIpc) is 3.22. The summed E-state index contributed by atoms with van der Waals surface area (Å²) in [7, 11) is -5.79. The zero-order valence-corrected chi connectivity index (χ0v) is 19.2. The number of hydrazone groups is 1. The number of hydrogen-bond acceptors (Lipinski definition) is 7. The highest BCUT2D eigenvalue weighted by Gasteiger charge is 2.33.